The lowest BCUT2D eigenvalue weighted by Gasteiger charge is -2.42. The number of nitrogens with zero attached hydrogens (tertiary/aromatic N) is 6. The van der Waals surface area contributed by atoms with E-state index in [1.165, 1.54) is 17.1 Å². The van der Waals surface area contributed by atoms with Crippen LogP contribution in [-0.2, 0) is 14.4 Å². The van der Waals surface area contributed by atoms with E-state index in [0.29, 0.717) is 49.3 Å². The molecule has 0 unspecified atom stereocenters. The van der Waals surface area contributed by atoms with E-state index in [4.69, 9.17) is 11.0 Å². The number of carboxylic acids is 1. The number of hydrogen-bond acceptors (Lipinski definition) is 9. The number of nitriles is 1. The van der Waals surface area contributed by atoms with Crippen LogP contribution < -0.4 is 21.3 Å². The molecule has 3 rings (SSSR count). The fourth-order valence-electron chi connectivity index (χ4n) is 4.74. The number of halogens is 1. The third-order valence-corrected chi connectivity index (χ3v) is 6.99. The van der Waals surface area contributed by atoms with Crippen molar-refractivity contribution in [1.82, 2.24) is 30.1 Å². The molecule has 1 saturated heterocycles. The van der Waals surface area contributed by atoms with Crippen molar-refractivity contribution in [3.8, 4) is 6.07 Å². The van der Waals surface area contributed by atoms with Gasteiger partial charge in [0.25, 0.3) is 0 Å². The van der Waals surface area contributed by atoms with Gasteiger partial charge in [-0.3, -0.25) is 14.2 Å². The van der Waals surface area contributed by atoms with Crippen LogP contribution in [0.15, 0.2) is 18.6 Å². The highest BCUT2D eigenvalue weighted by Crippen LogP contribution is 2.29. The van der Waals surface area contributed by atoms with E-state index in [0.717, 1.165) is 6.42 Å². The van der Waals surface area contributed by atoms with Crippen LogP contribution in [0.5, 0.6) is 0 Å². The maximum absolute atomic E-state index is 12.9. The Balaban J connectivity index is 0.00000560. The van der Waals surface area contributed by atoms with Gasteiger partial charge in [0.1, 0.15) is 24.6 Å². The van der Waals surface area contributed by atoms with Crippen molar-refractivity contribution in [3.05, 3.63) is 18.6 Å². The van der Waals surface area contributed by atoms with Gasteiger partial charge in [0, 0.05) is 26.3 Å². The van der Waals surface area contributed by atoms with Crippen molar-refractivity contribution in [2.24, 2.45) is 11.7 Å². The predicted molar refractivity (Wildman–Crippen MR) is 149 cm³/mol. The molecule has 0 radical (unpaired) electrons. The van der Waals surface area contributed by atoms with Crippen molar-refractivity contribution in [3.63, 3.8) is 0 Å². The van der Waals surface area contributed by atoms with Gasteiger partial charge in [-0.15, -0.1) is 12.4 Å². The number of unbranched alkanes of at least 4 members (excludes halogenated alkanes) is 1. The number of carbonyl (C=O) groups excluding carboxylic acids is 3. The molecule has 2 aromatic rings. The fraction of sp³-hybridized carbons (Fsp3) is 0.560. The number of hydrogen-bond donors (Lipinski definition) is 4. The summed E-state index contributed by atoms with van der Waals surface area (Å²) in [6, 6.07) is 1.87. The van der Waals surface area contributed by atoms with Crippen molar-refractivity contribution < 1.29 is 24.3 Å². The number of fused-ring (bicyclic) bond motifs is 1. The summed E-state index contributed by atoms with van der Waals surface area (Å²) in [5, 5.41) is 23.7. The molecular formula is C25H36ClN9O5. The topological polar surface area (TPSA) is 200 Å². The van der Waals surface area contributed by atoms with Crippen LogP contribution >= 0.6 is 12.4 Å². The molecule has 1 aliphatic heterocycles. The second-order valence-electron chi connectivity index (χ2n) is 9.64. The second-order valence-corrected chi connectivity index (χ2v) is 9.64. The summed E-state index contributed by atoms with van der Waals surface area (Å²) in [7, 11) is 1.87. The first kappa shape index (κ1) is 32.3. The first-order valence-electron chi connectivity index (χ1n) is 12.9. The number of anilines is 1. The summed E-state index contributed by atoms with van der Waals surface area (Å²) in [6.45, 7) is 3.16. The van der Waals surface area contributed by atoms with Crippen LogP contribution in [0, 0.1) is 17.2 Å². The van der Waals surface area contributed by atoms with Crippen LogP contribution in [0.3, 0.4) is 0 Å². The first-order valence-corrected chi connectivity index (χ1v) is 12.9. The minimum absolute atomic E-state index is 0. The lowest BCUT2D eigenvalue weighted by atomic mass is 9.92. The van der Waals surface area contributed by atoms with Gasteiger partial charge in [-0.1, -0.05) is 6.92 Å². The van der Waals surface area contributed by atoms with Gasteiger partial charge in [-0.05, 0) is 44.2 Å². The molecule has 1 aliphatic rings. The highest BCUT2D eigenvalue weighted by Gasteiger charge is 2.33. The molecule has 15 heteroatoms. The minimum Gasteiger partial charge on any atom is -0.480 e. The molecule has 40 heavy (non-hydrogen) atoms. The Morgan fingerprint density at radius 2 is 2.05 bits per heavy atom. The SMILES string of the molecule is C[C@@H]1CCN(C(=O)CC#N)C[C@@H]1N(C)c1ncnc2c1ccn2C(=O)NCC(=O)N[C@@H](CCCCN)C(=O)O.Cl. The molecule has 0 aromatic carbocycles. The minimum atomic E-state index is -1.15. The van der Waals surface area contributed by atoms with E-state index in [2.05, 4.69) is 27.5 Å². The van der Waals surface area contributed by atoms with Gasteiger partial charge >= 0.3 is 12.0 Å². The molecule has 1 fully saturated rings. The van der Waals surface area contributed by atoms with Crippen LogP contribution in [0.25, 0.3) is 11.0 Å². The Morgan fingerprint density at radius 3 is 2.73 bits per heavy atom. The molecule has 14 nitrogen and oxygen atoms in total. The maximum Gasteiger partial charge on any atom is 0.327 e. The molecule has 5 N–H and O–H groups in total. The number of aromatic nitrogens is 3. The number of likely N-dealkylation sites (tertiary alicyclic amines) is 1. The Labute approximate surface area is 238 Å². The highest BCUT2D eigenvalue weighted by atomic mass is 35.5. The van der Waals surface area contributed by atoms with Gasteiger partial charge < -0.3 is 31.3 Å². The molecule has 2 aromatic heterocycles. The number of rotatable bonds is 11. The van der Waals surface area contributed by atoms with Crippen molar-refractivity contribution in [1.29, 1.82) is 5.26 Å². The normalized spacial score (nSPS) is 17.3. The lowest BCUT2D eigenvalue weighted by Crippen LogP contribution is -2.52. The number of aliphatic carboxylic acids is 1. The van der Waals surface area contributed by atoms with Crippen LogP contribution in [0.2, 0.25) is 0 Å². The Hall–Kier alpha value is -3.96. The molecule has 3 atom stereocenters. The van der Waals surface area contributed by atoms with E-state index in [1.807, 2.05) is 18.0 Å². The molecule has 0 aliphatic carbocycles. The number of piperidine rings is 1. The van der Waals surface area contributed by atoms with E-state index in [9.17, 15) is 24.3 Å². The number of likely N-dealkylation sites (N-methyl/N-ethyl adjacent to an activating group) is 1. The van der Waals surface area contributed by atoms with E-state index in [1.54, 1.807) is 11.0 Å². The number of nitrogens with one attached hydrogen (secondary N) is 2. The van der Waals surface area contributed by atoms with Crippen molar-refractivity contribution in [2.45, 2.75) is 51.1 Å². The van der Waals surface area contributed by atoms with Gasteiger partial charge in [-0.25, -0.2) is 19.6 Å². The summed E-state index contributed by atoms with van der Waals surface area (Å²) in [5.41, 5.74) is 5.76. The van der Waals surface area contributed by atoms with E-state index < -0.39 is 30.5 Å². The Bertz CT molecular complexity index is 1250. The van der Waals surface area contributed by atoms with Gasteiger partial charge in [0.15, 0.2) is 5.65 Å². The molecule has 0 bridgehead atoms. The number of carbonyl (C=O) groups is 4. The smallest absolute Gasteiger partial charge is 0.327 e. The van der Waals surface area contributed by atoms with Crippen molar-refractivity contribution >= 4 is 53.1 Å². The summed E-state index contributed by atoms with van der Waals surface area (Å²) in [6.07, 6.45) is 4.92. The molecule has 3 heterocycles. The van der Waals surface area contributed by atoms with E-state index >= 15 is 0 Å². The fourth-order valence-corrected chi connectivity index (χ4v) is 4.74. The molecule has 0 saturated carbocycles. The third kappa shape index (κ3) is 7.80. The third-order valence-electron chi connectivity index (χ3n) is 6.99. The molecule has 218 valence electrons. The van der Waals surface area contributed by atoms with Crippen LogP contribution in [-0.4, -0.2) is 93.7 Å². The molecule has 0 spiro atoms. The van der Waals surface area contributed by atoms with Crippen molar-refractivity contribution in [2.75, 3.05) is 38.1 Å². The summed E-state index contributed by atoms with van der Waals surface area (Å²) >= 11 is 0. The predicted octanol–water partition coefficient (Wildman–Crippen LogP) is 0.696. The van der Waals surface area contributed by atoms with Crippen LogP contribution in [0.4, 0.5) is 10.6 Å². The largest absolute Gasteiger partial charge is 0.480 e. The summed E-state index contributed by atoms with van der Waals surface area (Å²) in [5.74, 6) is -1.15. The first-order chi connectivity index (χ1) is 18.7. The van der Waals surface area contributed by atoms with Gasteiger partial charge in [0.05, 0.1) is 24.0 Å². The quantitative estimate of drug-likeness (QED) is 0.275. The molecule has 3 amide bonds. The van der Waals surface area contributed by atoms with Gasteiger partial charge in [-0.2, -0.15) is 5.26 Å². The zero-order chi connectivity index (χ0) is 28.5. The average Bonchev–Trinajstić information content (AvgIpc) is 3.35. The standard InChI is InChI=1S/C25H35N9O5.ClH/c1-16-7-11-33(21(36)6-10-27)14-19(16)32(2)22-17-8-12-34(23(17)30-15-29-22)25(39)28-13-20(35)31-18(24(37)38)5-3-4-9-26;/h8,12,15-16,18-19H,3-7,9,11,13-14,26H2,1-2H3,(H,28,39)(H,31,35)(H,37,38);1H/t16-,18+,19+;/m1./s1. The number of amides is 3. The second kappa shape index (κ2) is 15.0. The highest BCUT2D eigenvalue weighted by molar-refractivity contribution is 5.96. The maximum atomic E-state index is 12.9. The van der Waals surface area contributed by atoms with Gasteiger partial charge in [0.2, 0.25) is 11.8 Å². The zero-order valence-corrected chi connectivity index (χ0v) is 23.4. The number of nitrogens with two attached hydrogens (primary N) is 1. The summed E-state index contributed by atoms with van der Waals surface area (Å²) < 4.78 is 1.25. The summed E-state index contributed by atoms with van der Waals surface area (Å²) in [4.78, 5) is 61.2. The van der Waals surface area contributed by atoms with Crippen LogP contribution in [0.1, 0.15) is 39.0 Å². The Kier molecular flexibility index (Phi) is 12.1. The zero-order valence-electron chi connectivity index (χ0n) is 22.6. The Morgan fingerprint density at radius 1 is 1.30 bits per heavy atom. The molecular weight excluding hydrogens is 542 g/mol. The van der Waals surface area contributed by atoms with E-state index in [-0.39, 0.29) is 43.1 Å². The number of carboxylic acid groups (broad SMARTS) is 1. The lowest BCUT2D eigenvalue weighted by molar-refractivity contribution is -0.141. The monoisotopic (exact) mass is 577 g/mol. The average molecular weight is 578 g/mol.